The van der Waals surface area contributed by atoms with E-state index in [0.717, 1.165) is 18.5 Å². The SMILES string of the molecule is CCC(C)(C)N(C)Cc1ccc(/C(N)=N/O)c(OC)c1. The van der Waals surface area contributed by atoms with E-state index in [-0.39, 0.29) is 11.4 Å². The lowest BCUT2D eigenvalue weighted by Crippen LogP contribution is -2.39. The number of amidine groups is 1. The van der Waals surface area contributed by atoms with Gasteiger partial charge in [-0.15, -0.1) is 0 Å². The van der Waals surface area contributed by atoms with Gasteiger partial charge in [0.15, 0.2) is 5.84 Å². The van der Waals surface area contributed by atoms with Crippen LogP contribution in [0.4, 0.5) is 0 Å². The second-order valence-electron chi connectivity index (χ2n) is 5.54. The smallest absolute Gasteiger partial charge is 0.173 e. The Hall–Kier alpha value is -1.75. The number of hydrogen-bond acceptors (Lipinski definition) is 4. The van der Waals surface area contributed by atoms with E-state index in [1.807, 2.05) is 18.2 Å². The normalized spacial score (nSPS) is 12.8. The van der Waals surface area contributed by atoms with Gasteiger partial charge >= 0.3 is 0 Å². The van der Waals surface area contributed by atoms with Crippen LogP contribution in [0.5, 0.6) is 5.75 Å². The van der Waals surface area contributed by atoms with E-state index in [4.69, 9.17) is 15.7 Å². The Morgan fingerprint density at radius 1 is 1.45 bits per heavy atom. The Balaban J connectivity index is 3.00. The van der Waals surface area contributed by atoms with Gasteiger partial charge in [-0.3, -0.25) is 4.90 Å². The first-order valence-corrected chi connectivity index (χ1v) is 6.71. The van der Waals surface area contributed by atoms with Crippen LogP contribution in [0, 0.1) is 0 Å². The van der Waals surface area contributed by atoms with Crippen LogP contribution in [-0.4, -0.2) is 35.6 Å². The van der Waals surface area contributed by atoms with Crippen molar-refractivity contribution < 1.29 is 9.94 Å². The van der Waals surface area contributed by atoms with Crippen molar-refractivity contribution in [2.45, 2.75) is 39.3 Å². The number of methoxy groups -OCH3 is 1. The molecule has 0 heterocycles. The molecule has 5 nitrogen and oxygen atoms in total. The van der Waals surface area contributed by atoms with Crippen molar-refractivity contribution >= 4 is 5.84 Å². The van der Waals surface area contributed by atoms with Crippen LogP contribution in [0.25, 0.3) is 0 Å². The molecule has 0 fully saturated rings. The Labute approximate surface area is 121 Å². The lowest BCUT2D eigenvalue weighted by molar-refractivity contribution is 0.143. The Morgan fingerprint density at radius 2 is 2.10 bits per heavy atom. The molecule has 0 aliphatic rings. The van der Waals surface area contributed by atoms with Gasteiger partial charge in [0.05, 0.1) is 12.7 Å². The highest BCUT2D eigenvalue weighted by molar-refractivity contribution is 5.99. The van der Waals surface area contributed by atoms with Gasteiger partial charge in [0.25, 0.3) is 0 Å². The molecule has 0 saturated heterocycles. The van der Waals surface area contributed by atoms with E-state index < -0.39 is 0 Å². The summed E-state index contributed by atoms with van der Waals surface area (Å²) in [6.45, 7) is 7.43. The number of hydrogen-bond donors (Lipinski definition) is 2. The number of oxime groups is 1. The molecule has 5 heteroatoms. The van der Waals surface area contributed by atoms with Gasteiger partial charge < -0.3 is 15.7 Å². The molecule has 0 radical (unpaired) electrons. The van der Waals surface area contributed by atoms with Crippen LogP contribution in [0.2, 0.25) is 0 Å². The molecule has 1 aromatic carbocycles. The summed E-state index contributed by atoms with van der Waals surface area (Å²) in [5.41, 5.74) is 7.48. The van der Waals surface area contributed by atoms with Crippen LogP contribution < -0.4 is 10.5 Å². The molecule has 0 spiro atoms. The molecule has 0 amide bonds. The minimum absolute atomic E-state index is 0.0515. The number of nitrogens with two attached hydrogens (primary N) is 1. The Morgan fingerprint density at radius 3 is 2.60 bits per heavy atom. The van der Waals surface area contributed by atoms with E-state index in [9.17, 15) is 0 Å². The average Bonchev–Trinajstić information content (AvgIpc) is 2.46. The zero-order valence-electron chi connectivity index (χ0n) is 13.0. The first kappa shape index (κ1) is 16.3. The van der Waals surface area contributed by atoms with Gasteiger partial charge in [-0.05, 0) is 45.0 Å². The molecule has 0 aliphatic heterocycles. The van der Waals surface area contributed by atoms with Crippen LogP contribution >= 0.6 is 0 Å². The van der Waals surface area contributed by atoms with Crippen molar-refractivity contribution in [1.82, 2.24) is 4.90 Å². The third kappa shape index (κ3) is 3.63. The Bertz CT molecular complexity index is 484. The predicted molar refractivity (Wildman–Crippen MR) is 81.3 cm³/mol. The maximum absolute atomic E-state index is 8.76. The summed E-state index contributed by atoms with van der Waals surface area (Å²) in [4.78, 5) is 2.30. The lowest BCUT2D eigenvalue weighted by Gasteiger charge is -2.35. The fourth-order valence-electron chi connectivity index (χ4n) is 1.86. The van der Waals surface area contributed by atoms with E-state index in [2.05, 4.69) is 37.9 Å². The third-order valence-electron chi connectivity index (χ3n) is 3.97. The standard InChI is InChI=1S/C15H25N3O2/c1-6-15(2,3)18(4)10-11-7-8-12(14(16)17-19)13(9-11)20-5/h7-9,19H,6,10H2,1-5H3,(H2,16,17). The number of ether oxygens (including phenoxy) is 1. The second kappa shape index (κ2) is 6.61. The molecule has 0 atom stereocenters. The molecule has 3 N–H and O–H groups in total. The maximum Gasteiger partial charge on any atom is 0.173 e. The van der Waals surface area contributed by atoms with E-state index in [1.54, 1.807) is 7.11 Å². The van der Waals surface area contributed by atoms with Gasteiger partial charge in [-0.2, -0.15) is 0 Å². The van der Waals surface area contributed by atoms with Crippen LogP contribution in [0.1, 0.15) is 38.3 Å². The van der Waals surface area contributed by atoms with E-state index in [0.29, 0.717) is 11.3 Å². The summed E-state index contributed by atoms with van der Waals surface area (Å²) in [5, 5.41) is 11.8. The summed E-state index contributed by atoms with van der Waals surface area (Å²) >= 11 is 0. The van der Waals surface area contributed by atoms with Crippen molar-refractivity contribution in [1.29, 1.82) is 0 Å². The highest BCUT2D eigenvalue weighted by Crippen LogP contribution is 2.24. The zero-order valence-corrected chi connectivity index (χ0v) is 13.0. The van der Waals surface area contributed by atoms with Crippen molar-refractivity contribution in [3.05, 3.63) is 29.3 Å². The van der Waals surface area contributed by atoms with Gasteiger partial charge in [-0.1, -0.05) is 18.1 Å². The van der Waals surface area contributed by atoms with Crippen molar-refractivity contribution in [3.63, 3.8) is 0 Å². The number of nitrogens with zero attached hydrogens (tertiary/aromatic N) is 2. The van der Waals surface area contributed by atoms with E-state index in [1.165, 1.54) is 0 Å². The summed E-state index contributed by atoms with van der Waals surface area (Å²) in [7, 11) is 3.68. The fraction of sp³-hybridized carbons (Fsp3) is 0.533. The van der Waals surface area contributed by atoms with Crippen LogP contribution in [0.3, 0.4) is 0 Å². The molecule has 0 saturated carbocycles. The summed E-state index contributed by atoms with van der Waals surface area (Å²) in [5.74, 6) is 0.663. The quantitative estimate of drug-likeness (QED) is 0.363. The molecule has 0 bridgehead atoms. The van der Waals surface area contributed by atoms with Crippen LogP contribution in [-0.2, 0) is 6.54 Å². The monoisotopic (exact) mass is 279 g/mol. The first-order chi connectivity index (χ1) is 9.35. The summed E-state index contributed by atoms with van der Waals surface area (Å²) < 4.78 is 5.31. The average molecular weight is 279 g/mol. The van der Waals surface area contributed by atoms with Gasteiger partial charge in [0.1, 0.15) is 5.75 Å². The maximum atomic E-state index is 8.76. The van der Waals surface area contributed by atoms with Gasteiger partial charge in [-0.25, -0.2) is 0 Å². The third-order valence-corrected chi connectivity index (χ3v) is 3.97. The molecule has 1 aromatic rings. The minimum atomic E-state index is 0.0515. The molecular weight excluding hydrogens is 254 g/mol. The molecule has 0 aromatic heterocycles. The van der Waals surface area contributed by atoms with Gasteiger partial charge in [0.2, 0.25) is 0 Å². The van der Waals surface area contributed by atoms with E-state index >= 15 is 0 Å². The predicted octanol–water partition coefficient (Wildman–Crippen LogP) is 2.41. The topological polar surface area (TPSA) is 71.1 Å². The highest BCUT2D eigenvalue weighted by Gasteiger charge is 2.21. The fourth-order valence-corrected chi connectivity index (χ4v) is 1.86. The first-order valence-electron chi connectivity index (χ1n) is 6.71. The van der Waals surface area contributed by atoms with Crippen molar-refractivity contribution in [2.75, 3.05) is 14.2 Å². The Kier molecular flexibility index (Phi) is 5.39. The zero-order chi connectivity index (χ0) is 15.3. The molecule has 1 rings (SSSR count). The van der Waals surface area contributed by atoms with Crippen molar-refractivity contribution in [2.24, 2.45) is 10.9 Å². The molecule has 0 aliphatic carbocycles. The molecule has 20 heavy (non-hydrogen) atoms. The van der Waals surface area contributed by atoms with Gasteiger partial charge in [0, 0.05) is 12.1 Å². The summed E-state index contributed by atoms with van der Waals surface area (Å²) in [6, 6.07) is 5.71. The lowest BCUT2D eigenvalue weighted by atomic mass is 9.99. The molecule has 0 unspecified atom stereocenters. The highest BCUT2D eigenvalue weighted by atomic mass is 16.5. The minimum Gasteiger partial charge on any atom is -0.496 e. The number of benzene rings is 1. The summed E-state index contributed by atoms with van der Waals surface area (Å²) in [6.07, 6.45) is 1.07. The molecular formula is C15H25N3O2. The van der Waals surface area contributed by atoms with Crippen LogP contribution in [0.15, 0.2) is 23.4 Å². The van der Waals surface area contributed by atoms with Crippen molar-refractivity contribution in [3.8, 4) is 5.75 Å². The largest absolute Gasteiger partial charge is 0.496 e. The number of rotatable bonds is 6. The molecule has 112 valence electrons. The second-order valence-corrected chi connectivity index (χ2v) is 5.54.